The summed E-state index contributed by atoms with van der Waals surface area (Å²) < 4.78 is 0. The highest BCUT2D eigenvalue weighted by molar-refractivity contribution is 6.21. The van der Waals surface area contributed by atoms with Gasteiger partial charge in [-0.25, -0.2) is 0 Å². The Morgan fingerprint density at radius 1 is 1.00 bits per heavy atom. The molecule has 1 aromatic carbocycles. The number of piperidine rings is 1. The fraction of sp³-hybridized carbons (Fsp3) is 0.467. The standard InChI is InChI=1S/C15H19N3O2.ClH/c16-11-5-7-17(8-6-11)9-10-18-14(19)12-3-1-2-4-13(12)15(18)20;/h1-4,11H,5-10,16H2;1H. The van der Waals surface area contributed by atoms with E-state index in [1.165, 1.54) is 4.90 Å². The van der Waals surface area contributed by atoms with Crippen molar-refractivity contribution in [3.8, 4) is 0 Å². The number of hydrogen-bond acceptors (Lipinski definition) is 4. The van der Waals surface area contributed by atoms with Crippen LogP contribution in [-0.2, 0) is 0 Å². The van der Waals surface area contributed by atoms with E-state index in [2.05, 4.69) is 4.90 Å². The summed E-state index contributed by atoms with van der Waals surface area (Å²) in [5, 5.41) is 0. The Morgan fingerprint density at radius 3 is 2.05 bits per heavy atom. The van der Waals surface area contributed by atoms with Gasteiger partial charge in [-0.2, -0.15) is 0 Å². The summed E-state index contributed by atoms with van der Waals surface area (Å²) in [6.45, 7) is 3.09. The molecule has 0 unspecified atom stereocenters. The molecule has 1 fully saturated rings. The molecular formula is C15H20ClN3O2. The number of nitrogens with two attached hydrogens (primary N) is 1. The average Bonchev–Trinajstić information content (AvgIpc) is 2.71. The molecule has 0 aromatic heterocycles. The zero-order chi connectivity index (χ0) is 14.1. The number of carbonyl (C=O) groups is 2. The summed E-state index contributed by atoms with van der Waals surface area (Å²) in [7, 11) is 0. The fourth-order valence-corrected chi connectivity index (χ4v) is 2.86. The van der Waals surface area contributed by atoms with Crippen LogP contribution in [0.4, 0.5) is 0 Å². The number of benzene rings is 1. The number of likely N-dealkylation sites (tertiary alicyclic amines) is 1. The number of hydrogen-bond donors (Lipinski definition) is 1. The minimum Gasteiger partial charge on any atom is -0.328 e. The van der Waals surface area contributed by atoms with E-state index >= 15 is 0 Å². The number of amides is 2. The lowest BCUT2D eigenvalue weighted by molar-refractivity contribution is 0.0630. The largest absolute Gasteiger partial charge is 0.328 e. The van der Waals surface area contributed by atoms with Gasteiger partial charge in [-0.05, 0) is 38.1 Å². The summed E-state index contributed by atoms with van der Waals surface area (Å²) in [4.78, 5) is 28.0. The molecule has 2 aliphatic heterocycles. The second-order valence-corrected chi connectivity index (χ2v) is 5.49. The Kier molecular flexibility index (Phi) is 4.98. The van der Waals surface area contributed by atoms with Gasteiger partial charge in [-0.1, -0.05) is 12.1 Å². The lowest BCUT2D eigenvalue weighted by atomic mass is 10.1. The highest BCUT2D eigenvalue weighted by Crippen LogP contribution is 2.22. The maximum atomic E-state index is 12.2. The number of rotatable bonds is 3. The molecule has 5 nitrogen and oxygen atoms in total. The molecule has 21 heavy (non-hydrogen) atoms. The lowest BCUT2D eigenvalue weighted by Gasteiger charge is -2.30. The Labute approximate surface area is 130 Å². The van der Waals surface area contributed by atoms with Crippen LogP contribution in [0.25, 0.3) is 0 Å². The average molecular weight is 310 g/mol. The molecule has 2 N–H and O–H groups in total. The smallest absolute Gasteiger partial charge is 0.261 e. The maximum absolute atomic E-state index is 12.2. The van der Waals surface area contributed by atoms with Crippen molar-refractivity contribution < 1.29 is 9.59 Å². The van der Waals surface area contributed by atoms with Crippen molar-refractivity contribution in [1.29, 1.82) is 0 Å². The molecular weight excluding hydrogens is 290 g/mol. The second-order valence-electron chi connectivity index (χ2n) is 5.49. The third-order valence-electron chi connectivity index (χ3n) is 4.15. The van der Waals surface area contributed by atoms with Gasteiger partial charge in [0.1, 0.15) is 0 Å². The van der Waals surface area contributed by atoms with Gasteiger partial charge in [0, 0.05) is 19.1 Å². The number of fused-ring (bicyclic) bond motifs is 1. The molecule has 0 aliphatic carbocycles. The molecule has 2 amide bonds. The Bertz CT molecular complexity index is 506. The van der Waals surface area contributed by atoms with Crippen molar-refractivity contribution >= 4 is 24.2 Å². The molecule has 1 aromatic rings. The number of halogens is 1. The molecule has 0 bridgehead atoms. The highest BCUT2D eigenvalue weighted by atomic mass is 35.5. The minimum absolute atomic E-state index is 0. The highest BCUT2D eigenvalue weighted by Gasteiger charge is 2.35. The molecule has 114 valence electrons. The zero-order valence-corrected chi connectivity index (χ0v) is 12.6. The predicted molar refractivity (Wildman–Crippen MR) is 82.7 cm³/mol. The maximum Gasteiger partial charge on any atom is 0.261 e. The first kappa shape index (κ1) is 15.9. The first-order chi connectivity index (χ1) is 9.66. The Morgan fingerprint density at radius 2 is 1.52 bits per heavy atom. The van der Waals surface area contributed by atoms with E-state index in [1.54, 1.807) is 24.3 Å². The summed E-state index contributed by atoms with van der Waals surface area (Å²) in [5.74, 6) is -0.335. The van der Waals surface area contributed by atoms with Gasteiger partial charge in [0.05, 0.1) is 11.1 Å². The summed E-state index contributed by atoms with van der Waals surface area (Å²) in [6.07, 6.45) is 1.98. The first-order valence-electron chi connectivity index (χ1n) is 7.10. The van der Waals surface area contributed by atoms with Gasteiger partial charge in [0.15, 0.2) is 0 Å². The summed E-state index contributed by atoms with van der Waals surface area (Å²) >= 11 is 0. The third-order valence-corrected chi connectivity index (χ3v) is 4.15. The number of nitrogens with zero attached hydrogens (tertiary/aromatic N) is 2. The van der Waals surface area contributed by atoms with Crippen LogP contribution in [-0.4, -0.2) is 53.8 Å². The van der Waals surface area contributed by atoms with Crippen LogP contribution < -0.4 is 5.73 Å². The summed E-state index contributed by atoms with van der Waals surface area (Å²) in [5.41, 5.74) is 6.92. The lowest BCUT2D eigenvalue weighted by Crippen LogP contribution is -2.44. The molecule has 6 heteroatoms. The van der Waals surface area contributed by atoms with Gasteiger partial charge in [-0.3, -0.25) is 14.5 Å². The zero-order valence-electron chi connectivity index (χ0n) is 11.8. The van der Waals surface area contributed by atoms with E-state index < -0.39 is 0 Å². The molecule has 2 heterocycles. The molecule has 0 radical (unpaired) electrons. The molecule has 0 atom stereocenters. The molecule has 0 spiro atoms. The summed E-state index contributed by atoms with van der Waals surface area (Å²) in [6, 6.07) is 7.31. The van der Waals surface area contributed by atoms with Crippen LogP contribution in [0.15, 0.2) is 24.3 Å². The first-order valence-corrected chi connectivity index (χ1v) is 7.10. The molecule has 2 aliphatic rings. The van der Waals surface area contributed by atoms with Gasteiger partial charge >= 0.3 is 0 Å². The number of imide groups is 1. The van der Waals surface area contributed by atoms with Crippen LogP contribution in [0.2, 0.25) is 0 Å². The van der Waals surface area contributed by atoms with Crippen molar-refractivity contribution in [1.82, 2.24) is 9.80 Å². The van der Waals surface area contributed by atoms with Crippen molar-refractivity contribution in [2.45, 2.75) is 18.9 Å². The Balaban J connectivity index is 0.00000161. The predicted octanol–water partition coefficient (Wildman–Crippen LogP) is 1.13. The van der Waals surface area contributed by atoms with E-state index in [0.29, 0.717) is 23.7 Å². The van der Waals surface area contributed by atoms with Crippen molar-refractivity contribution in [3.05, 3.63) is 35.4 Å². The van der Waals surface area contributed by atoms with E-state index in [-0.39, 0.29) is 24.2 Å². The van der Waals surface area contributed by atoms with Gasteiger partial charge in [0.2, 0.25) is 0 Å². The van der Waals surface area contributed by atoms with Crippen LogP contribution in [0.5, 0.6) is 0 Å². The second kappa shape index (κ2) is 6.56. The van der Waals surface area contributed by atoms with Crippen LogP contribution in [0.3, 0.4) is 0 Å². The monoisotopic (exact) mass is 309 g/mol. The molecule has 0 saturated carbocycles. The van der Waals surface area contributed by atoms with Gasteiger partial charge in [0.25, 0.3) is 11.8 Å². The van der Waals surface area contributed by atoms with Crippen molar-refractivity contribution in [3.63, 3.8) is 0 Å². The van der Waals surface area contributed by atoms with Crippen LogP contribution in [0, 0.1) is 0 Å². The Hall–Kier alpha value is -1.43. The topological polar surface area (TPSA) is 66.6 Å². The fourth-order valence-electron chi connectivity index (χ4n) is 2.86. The van der Waals surface area contributed by atoms with Crippen LogP contribution in [0.1, 0.15) is 33.6 Å². The molecule has 1 saturated heterocycles. The number of carbonyl (C=O) groups excluding carboxylic acids is 2. The SMILES string of the molecule is Cl.NC1CCN(CCN2C(=O)c3ccccc3C2=O)CC1. The third kappa shape index (κ3) is 3.10. The van der Waals surface area contributed by atoms with E-state index in [1.807, 2.05) is 0 Å². The quantitative estimate of drug-likeness (QED) is 0.850. The minimum atomic E-state index is -0.167. The van der Waals surface area contributed by atoms with Crippen LogP contribution >= 0.6 is 12.4 Å². The normalized spacial score (nSPS) is 19.6. The van der Waals surface area contributed by atoms with Gasteiger partial charge < -0.3 is 10.6 Å². The van der Waals surface area contributed by atoms with E-state index in [4.69, 9.17) is 5.73 Å². The van der Waals surface area contributed by atoms with Gasteiger partial charge in [-0.15, -0.1) is 12.4 Å². The van der Waals surface area contributed by atoms with Crippen molar-refractivity contribution in [2.75, 3.05) is 26.2 Å². The van der Waals surface area contributed by atoms with E-state index in [9.17, 15) is 9.59 Å². The van der Waals surface area contributed by atoms with Crippen molar-refractivity contribution in [2.24, 2.45) is 5.73 Å². The molecule has 3 rings (SSSR count). The van der Waals surface area contributed by atoms with E-state index in [0.717, 1.165) is 32.5 Å².